The van der Waals surface area contributed by atoms with Crippen molar-refractivity contribution in [3.05, 3.63) is 29.6 Å². The van der Waals surface area contributed by atoms with Crippen molar-refractivity contribution in [1.82, 2.24) is 9.88 Å². The van der Waals surface area contributed by atoms with Gasteiger partial charge in [0.1, 0.15) is 10.7 Å². The van der Waals surface area contributed by atoms with E-state index in [2.05, 4.69) is 34.6 Å². The highest BCUT2D eigenvalue weighted by atomic mass is 32.2. The van der Waals surface area contributed by atoms with Gasteiger partial charge in [-0.3, -0.25) is 9.88 Å². The van der Waals surface area contributed by atoms with Gasteiger partial charge in [0.2, 0.25) is 0 Å². The summed E-state index contributed by atoms with van der Waals surface area (Å²) in [7, 11) is 0. The molecule has 0 radical (unpaired) electrons. The van der Waals surface area contributed by atoms with Crippen molar-refractivity contribution in [2.24, 2.45) is 5.73 Å². The van der Waals surface area contributed by atoms with Crippen LogP contribution in [0.4, 0.5) is 0 Å². The molecule has 1 aromatic heterocycles. The molecular formula is C13H19N3S2. The molecule has 1 unspecified atom stereocenters. The predicted molar refractivity (Wildman–Crippen MR) is 81.9 cm³/mol. The molecule has 1 aliphatic heterocycles. The van der Waals surface area contributed by atoms with Gasteiger partial charge >= 0.3 is 0 Å². The minimum absolute atomic E-state index is 0.393. The fraction of sp³-hybridized carbons (Fsp3) is 0.538. The number of aromatic nitrogens is 1. The first-order valence-corrected chi connectivity index (χ1v) is 7.74. The van der Waals surface area contributed by atoms with E-state index < -0.39 is 0 Å². The van der Waals surface area contributed by atoms with Crippen molar-refractivity contribution < 1.29 is 0 Å². The molecule has 0 aromatic carbocycles. The zero-order valence-electron chi connectivity index (χ0n) is 10.6. The lowest BCUT2D eigenvalue weighted by molar-refractivity contribution is 0.273. The molecule has 5 heteroatoms. The van der Waals surface area contributed by atoms with E-state index >= 15 is 0 Å². The Balaban J connectivity index is 2.07. The normalized spacial score (nSPS) is 20.8. The molecule has 0 aliphatic carbocycles. The van der Waals surface area contributed by atoms with Gasteiger partial charge in [0.15, 0.2) is 0 Å². The lowest BCUT2D eigenvalue weighted by atomic mass is 10.1. The van der Waals surface area contributed by atoms with E-state index in [-0.39, 0.29) is 0 Å². The maximum Gasteiger partial charge on any atom is 0.123 e. The number of hydrogen-bond acceptors (Lipinski definition) is 4. The van der Waals surface area contributed by atoms with E-state index in [1.165, 1.54) is 12.2 Å². The summed E-state index contributed by atoms with van der Waals surface area (Å²) >= 11 is 7.14. The molecule has 1 aromatic rings. The molecule has 3 nitrogen and oxygen atoms in total. The van der Waals surface area contributed by atoms with Gasteiger partial charge in [-0.15, -0.1) is 0 Å². The Morgan fingerprint density at radius 2 is 2.50 bits per heavy atom. The average molecular weight is 281 g/mol. The summed E-state index contributed by atoms with van der Waals surface area (Å²) < 4.78 is 0. The quantitative estimate of drug-likeness (QED) is 0.856. The predicted octanol–water partition coefficient (Wildman–Crippen LogP) is 2.04. The molecular weight excluding hydrogens is 262 g/mol. The fourth-order valence-electron chi connectivity index (χ4n) is 2.20. The maximum absolute atomic E-state index is 5.72. The third-order valence-electron chi connectivity index (χ3n) is 3.20. The Bertz CT molecular complexity index is 422. The van der Waals surface area contributed by atoms with Gasteiger partial charge in [0.05, 0.1) is 0 Å². The van der Waals surface area contributed by atoms with Crippen molar-refractivity contribution in [3.8, 4) is 0 Å². The number of nitrogens with two attached hydrogens (primary N) is 1. The average Bonchev–Trinajstić information content (AvgIpc) is 2.39. The van der Waals surface area contributed by atoms with Gasteiger partial charge < -0.3 is 5.73 Å². The van der Waals surface area contributed by atoms with Crippen molar-refractivity contribution in [1.29, 1.82) is 0 Å². The van der Waals surface area contributed by atoms with Crippen LogP contribution in [0.5, 0.6) is 0 Å². The van der Waals surface area contributed by atoms with Gasteiger partial charge in [-0.05, 0) is 18.1 Å². The summed E-state index contributed by atoms with van der Waals surface area (Å²) in [6.07, 6.45) is 2.98. The van der Waals surface area contributed by atoms with Crippen molar-refractivity contribution in [3.63, 3.8) is 0 Å². The number of thioether (sulfide) groups is 1. The molecule has 1 atom stereocenters. The van der Waals surface area contributed by atoms with E-state index in [1.54, 1.807) is 6.20 Å². The van der Waals surface area contributed by atoms with Crippen LogP contribution >= 0.6 is 24.0 Å². The molecule has 1 fully saturated rings. The molecule has 1 aliphatic rings. The lowest BCUT2D eigenvalue weighted by Gasteiger charge is -2.32. The summed E-state index contributed by atoms with van der Waals surface area (Å²) in [5, 5.41) is 0.753. The Labute approximate surface area is 118 Å². The van der Waals surface area contributed by atoms with E-state index in [0.29, 0.717) is 4.99 Å². The summed E-state index contributed by atoms with van der Waals surface area (Å²) in [4.78, 5) is 7.15. The lowest BCUT2D eigenvalue weighted by Crippen LogP contribution is -2.37. The second-order valence-electron chi connectivity index (χ2n) is 4.51. The summed E-state index contributed by atoms with van der Waals surface area (Å²) in [5.74, 6) is 1.21. The zero-order valence-corrected chi connectivity index (χ0v) is 12.3. The van der Waals surface area contributed by atoms with Crippen molar-refractivity contribution in [2.75, 3.05) is 18.8 Å². The van der Waals surface area contributed by atoms with Gasteiger partial charge in [0.25, 0.3) is 0 Å². The Morgan fingerprint density at radius 3 is 3.22 bits per heavy atom. The van der Waals surface area contributed by atoms with Crippen LogP contribution in [0.2, 0.25) is 0 Å². The van der Waals surface area contributed by atoms with E-state index in [1.807, 2.05) is 6.07 Å². The van der Waals surface area contributed by atoms with Gasteiger partial charge in [-0.1, -0.05) is 25.2 Å². The van der Waals surface area contributed by atoms with Crippen LogP contribution in [0.3, 0.4) is 0 Å². The third-order valence-corrected chi connectivity index (χ3v) is 4.76. The van der Waals surface area contributed by atoms with E-state index in [9.17, 15) is 0 Å². The van der Waals surface area contributed by atoms with Crippen molar-refractivity contribution >= 4 is 29.0 Å². The minimum Gasteiger partial charge on any atom is -0.388 e. The topological polar surface area (TPSA) is 42.2 Å². The number of rotatable bonds is 4. The van der Waals surface area contributed by atoms with Crippen LogP contribution in [0, 0.1) is 0 Å². The van der Waals surface area contributed by atoms with Crippen LogP contribution in [0.1, 0.15) is 24.6 Å². The maximum atomic E-state index is 5.72. The minimum atomic E-state index is 0.393. The Morgan fingerprint density at radius 1 is 1.67 bits per heavy atom. The van der Waals surface area contributed by atoms with Crippen LogP contribution < -0.4 is 5.73 Å². The SMILES string of the molecule is CCC1CN(Cc2cccnc2C(N)=S)CCS1. The first-order chi connectivity index (χ1) is 8.70. The fourth-order valence-corrected chi connectivity index (χ4v) is 3.63. The highest BCUT2D eigenvalue weighted by Crippen LogP contribution is 2.22. The molecule has 0 saturated carbocycles. The monoisotopic (exact) mass is 281 g/mol. The second-order valence-corrected chi connectivity index (χ2v) is 6.36. The Hall–Kier alpha value is -0.650. The molecule has 2 heterocycles. The second kappa shape index (κ2) is 6.50. The van der Waals surface area contributed by atoms with Crippen LogP contribution in [-0.2, 0) is 6.54 Å². The van der Waals surface area contributed by atoms with E-state index in [0.717, 1.165) is 36.1 Å². The summed E-state index contributed by atoms with van der Waals surface area (Å²) in [6, 6.07) is 4.03. The van der Waals surface area contributed by atoms with Crippen LogP contribution in [-0.4, -0.2) is 39.0 Å². The molecule has 2 N–H and O–H groups in total. The van der Waals surface area contributed by atoms with E-state index in [4.69, 9.17) is 18.0 Å². The highest BCUT2D eigenvalue weighted by Gasteiger charge is 2.20. The first kappa shape index (κ1) is 13.8. The van der Waals surface area contributed by atoms with Crippen LogP contribution in [0.15, 0.2) is 18.3 Å². The van der Waals surface area contributed by atoms with Gasteiger partial charge in [0, 0.05) is 36.8 Å². The van der Waals surface area contributed by atoms with Crippen LogP contribution in [0.25, 0.3) is 0 Å². The molecule has 1 saturated heterocycles. The number of thiocarbonyl (C=S) groups is 1. The standard InChI is InChI=1S/C13H19N3S2/c1-2-11-9-16(6-7-18-11)8-10-4-3-5-15-12(10)13(14)17/h3-5,11H,2,6-9H2,1H3,(H2,14,17). The zero-order chi connectivity index (χ0) is 13.0. The molecule has 18 heavy (non-hydrogen) atoms. The molecule has 2 rings (SSSR count). The summed E-state index contributed by atoms with van der Waals surface area (Å²) in [5.41, 5.74) is 7.64. The van der Waals surface area contributed by atoms with Gasteiger partial charge in [-0.25, -0.2) is 0 Å². The molecule has 98 valence electrons. The van der Waals surface area contributed by atoms with Crippen molar-refractivity contribution in [2.45, 2.75) is 25.1 Å². The molecule has 0 amide bonds. The molecule has 0 bridgehead atoms. The number of hydrogen-bond donors (Lipinski definition) is 1. The Kier molecular flexibility index (Phi) is 4.97. The smallest absolute Gasteiger partial charge is 0.123 e. The molecule has 0 spiro atoms. The summed E-state index contributed by atoms with van der Waals surface area (Å²) in [6.45, 7) is 5.43. The number of pyridine rings is 1. The third kappa shape index (κ3) is 3.43. The largest absolute Gasteiger partial charge is 0.388 e. The highest BCUT2D eigenvalue weighted by molar-refractivity contribution is 8.00. The van der Waals surface area contributed by atoms with Gasteiger partial charge in [-0.2, -0.15) is 11.8 Å². The number of nitrogens with zero attached hydrogens (tertiary/aromatic N) is 2. The first-order valence-electron chi connectivity index (χ1n) is 6.28.